The number of aromatic nitrogens is 3. The van der Waals surface area contributed by atoms with Crippen molar-refractivity contribution in [2.24, 2.45) is 0 Å². The zero-order chi connectivity index (χ0) is 27.7. The summed E-state index contributed by atoms with van der Waals surface area (Å²) < 4.78 is 6.92. The van der Waals surface area contributed by atoms with Crippen molar-refractivity contribution in [2.45, 2.75) is 13.0 Å². The molecule has 0 spiro atoms. The minimum atomic E-state index is -0.917. The van der Waals surface area contributed by atoms with Gasteiger partial charge in [-0.3, -0.25) is 14.9 Å². The average Bonchev–Trinajstić information content (AvgIpc) is 3.36. The molecule has 5 rings (SSSR count). The number of methoxy groups -OCH3 is 1. The first-order valence-electron chi connectivity index (χ1n) is 12.2. The van der Waals surface area contributed by atoms with Crippen molar-refractivity contribution in [3.63, 3.8) is 0 Å². The van der Waals surface area contributed by atoms with Crippen LogP contribution in [0.25, 0.3) is 11.4 Å². The summed E-state index contributed by atoms with van der Waals surface area (Å²) in [6.07, 6.45) is 0. The third kappa shape index (κ3) is 4.77. The molecule has 0 bridgehead atoms. The fraction of sp³-hybridized carbons (Fsp3) is 0.179. The van der Waals surface area contributed by atoms with Gasteiger partial charge in [0.25, 0.3) is 11.6 Å². The molecule has 39 heavy (non-hydrogen) atoms. The smallest absolute Gasteiger partial charge is 0.275 e. The Labute approximate surface area is 224 Å². The first-order chi connectivity index (χ1) is 18.8. The Morgan fingerprint density at radius 1 is 1.08 bits per heavy atom. The molecule has 0 saturated carbocycles. The molecule has 1 aliphatic rings. The molecule has 1 aromatic heterocycles. The predicted molar refractivity (Wildman–Crippen MR) is 149 cm³/mol. The second-order valence-electron chi connectivity index (χ2n) is 9.18. The lowest BCUT2D eigenvalue weighted by molar-refractivity contribution is -0.385. The van der Waals surface area contributed by atoms with E-state index in [2.05, 4.69) is 15.6 Å². The van der Waals surface area contributed by atoms with Gasteiger partial charge in [-0.2, -0.15) is 4.98 Å². The van der Waals surface area contributed by atoms with Gasteiger partial charge in [0.15, 0.2) is 5.82 Å². The van der Waals surface area contributed by atoms with Crippen LogP contribution in [0, 0.1) is 10.1 Å². The number of nitro benzene ring substituents is 1. The Morgan fingerprint density at radius 3 is 2.46 bits per heavy atom. The highest BCUT2D eigenvalue weighted by Crippen LogP contribution is 2.40. The number of hydrogen-bond donors (Lipinski definition) is 2. The molecule has 2 N–H and O–H groups in total. The Bertz CT molecular complexity index is 1590. The Morgan fingerprint density at radius 2 is 1.77 bits per heavy atom. The number of nitrogens with one attached hydrogen (secondary N) is 2. The number of para-hydroxylation sites is 3. The number of benzene rings is 3. The number of hydrogen-bond acceptors (Lipinski definition) is 8. The summed E-state index contributed by atoms with van der Waals surface area (Å²) in [4.78, 5) is 32.0. The lowest BCUT2D eigenvalue weighted by Crippen LogP contribution is -2.32. The Balaban J connectivity index is 1.63. The molecule has 0 fully saturated rings. The lowest BCUT2D eigenvalue weighted by atomic mass is 9.93. The quantitative estimate of drug-likeness (QED) is 0.259. The van der Waals surface area contributed by atoms with E-state index in [1.54, 1.807) is 49.4 Å². The predicted octanol–water partition coefficient (Wildman–Crippen LogP) is 4.86. The molecule has 0 aliphatic carbocycles. The molecule has 1 amide bonds. The lowest BCUT2D eigenvalue weighted by Gasteiger charge is -2.28. The molecular formula is C28H27N7O4. The number of fused-ring (bicyclic) bond motifs is 1. The number of allylic oxidation sites excluding steroid dienone is 1. The highest BCUT2D eigenvalue weighted by atomic mass is 16.6. The van der Waals surface area contributed by atoms with Gasteiger partial charge in [-0.05, 0) is 49.4 Å². The minimum absolute atomic E-state index is 0.127. The molecular weight excluding hydrogens is 498 g/mol. The molecule has 2 heterocycles. The van der Waals surface area contributed by atoms with Crippen LogP contribution in [-0.4, -0.2) is 46.8 Å². The number of rotatable bonds is 7. The molecule has 0 saturated heterocycles. The summed E-state index contributed by atoms with van der Waals surface area (Å²) in [6, 6.07) is 20.2. The SMILES string of the molecule is COc1ccccc1NC(=O)C1=C(C)Nc2nc(-c3ccc(N(C)C)cc3)nn2C1c1ccccc1[N+](=O)[O-]. The van der Waals surface area contributed by atoms with Crippen molar-refractivity contribution < 1.29 is 14.5 Å². The maximum atomic E-state index is 13.8. The normalized spacial score (nSPS) is 14.3. The monoisotopic (exact) mass is 525 g/mol. The highest BCUT2D eigenvalue weighted by Gasteiger charge is 2.38. The maximum Gasteiger partial charge on any atom is 0.275 e. The Kier molecular flexibility index (Phi) is 6.72. The van der Waals surface area contributed by atoms with Crippen molar-refractivity contribution in [3.05, 3.63) is 99.7 Å². The van der Waals surface area contributed by atoms with E-state index in [0.717, 1.165) is 11.3 Å². The number of carbonyl (C=O) groups excluding carboxylic acids is 1. The van der Waals surface area contributed by atoms with E-state index in [-0.39, 0.29) is 11.3 Å². The second-order valence-corrected chi connectivity index (χ2v) is 9.18. The van der Waals surface area contributed by atoms with Crippen LogP contribution in [-0.2, 0) is 4.79 Å². The van der Waals surface area contributed by atoms with Gasteiger partial charge in [-0.25, -0.2) is 4.68 Å². The van der Waals surface area contributed by atoms with Crippen LogP contribution in [0.3, 0.4) is 0 Å². The van der Waals surface area contributed by atoms with Gasteiger partial charge in [0.2, 0.25) is 5.95 Å². The largest absolute Gasteiger partial charge is 0.495 e. The van der Waals surface area contributed by atoms with E-state index in [0.29, 0.717) is 34.5 Å². The zero-order valence-corrected chi connectivity index (χ0v) is 21.9. The van der Waals surface area contributed by atoms with Crippen molar-refractivity contribution >= 4 is 28.9 Å². The van der Waals surface area contributed by atoms with Crippen LogP contribution in [0.2, 0.25) is 0 Å². The van der Waals surface area contributed by atoms with Gasteiger partial charge in [-0.1, -0.05) is 24.3 Å². The van der Waals surface area contributed by atoms with E-state index in [1.807, 2.05) is 43.3 Å². The summed E-state index contributed by atoms with van der Waals surface area (Å²) in [6.45, 7) is 1.74. The maximum absolute atomic E-state index is 13.8. The van der Waals surface area contributed by atoms with Crippen LogP contribution in [0.4, 0.5) is 23.0 Å². The summed E-state index contributed by atoms with van der Waals surface area (Å²) in [5.74, 6) is 0.826. The van der Waals surface area contributed by atoms with Crippen LogP contribution in [0.5, 0.6) is 5.75 Å². The van der Waals surface area contributed by atoms with Gasteiger partial charge in [0.1, 0.15) is 11.8 Å². The summed E-state index contributed by atoms with van der Waals surface area (Å²) in [5, 5.41) is 22.8. The first-order valence-corrected chi connectivity index (χ1v) is 12.2. The fourth-order valence-electron chi connectivity index (χ4n) is 4.59. The van der Waals surface area contributed by atoms with Crippen molar-refractivity contribution in [3.8, 4) is 17.1 Å². The molecule has 11 nitrogen and oxygen atoms in total. The van der Waals surface area contributed by atoms with Gasteiger partial charge in [0.05, 0.1) is 28.9 Å². The number of anilines is 3. The van der Waals surface area contributed by atoms with E-state index in [4.69, 9.17) is 9.84 Å². The topological polar surface area (TPSA) is 127 Å². The highest BCUT2D eigenvalue weighted by molar-refractivity contribution is 6.06. The summed E-state index contributed by atoms with van der Waals surface area (Å²) >= 11 is 0. The van der Waals surface area contributed by atoms with Gasteiger partial charge < -0.3 is 20.3 Å². The van der Waals surface area contributed by atoms with Crippen LogP contribution in [0.1, 0.15) is 18.5 Å². The molecule has 3 aromatic carbocycles. The molecule has 4 aromatic rings. The molecule has 11 heteroatoms. The molecule has 1 aliphatic heterocycles. The summed E-state index contributed by atoms with van der Waals surface area (Å²) in [5.41, 5.74) is 3.21. The van der Waals surface area contributed by atoms with Gasteiger partial charge >= 0.3 is 0 Å². The van der Waals surface area contributed by atoms with Crippen molar-refractivity contribution in [2.75, 3.05) is 36.7 Å². The first kappa shape index (κ1) is 25.5. The standard InChI is InChI=1S/C28H27N7O4/c1-17-24(27(36)30-21-10-6-8-12-23(21)39-4)25(20-9-5-7-11-22(20)35(37)38)34-28(29-17)31-26(32-34)18-13-15-19(16-14-18)33(2)3/h5-16,25H,1-4H3,(H,30,36)(H,29,31,32). The van der Waals surface area contributed by atoms with E-state index < -0.39 is 16.9 Å². The second kappa shape index (κ2) is 10.3. The summed E-state index contributed by atoms with van der Waals surface area (Å²) in [7, 11) is 5.42. The molecule has 198 valence electrons. The van der Waals surface area contributed by atoms with Crippen molar-refractivity contribution in [1.29, 1.82) is 0 Å². The van der Waals surface area contributed by atoms with Crippen molar-refractivity contribution in [1.82, 2.24) is 14.8 Å². The third-order valence-corrected chi connectivity index (χ3v) is 6.52. The number of nitro groups is 1. The van der Waals surface area contributed by atoms with Gasteiger partial charge in [-0.15, -0.1) is 5.10 Å². The number of carbonyl (C=O) groups is 1. The fourth-order valence-corrected chi connectivity index (χ4v) is 4.59. The minimum Gasteiger partial charge on any atom is -0.495 e. The number of nitrogens with zero attached hydrogens (tertiary/aromatic N) is 5. The van der Waals surface area contributed by atoms with E-state index >= 15 is 0 Å². The van der Waals surface area contributed by atoms with Crippen LogP contribution < -0.4 is 20.3 Å². The molecule has 1 atom stereocenters. The average molecular weight is 526 g/mol. The van der Waals surface area contributed by atoms with E-state index in [9.17, 15) is 14.9 Å². The van der Waals surface area contributed by atoms with Gasteiger partial charge in [0, 0.05) is 37.1 Å². The molecule has 1 unspecified atom stereocenters. The van der Waals surface area contributed by atoms with E-state index in [1.165, 1.54) is 17.9 Å². The zero-order valence-electron chi connectivity index (χ0n) is 21.9. The molecule has 0 radical (unpaired) electrons. The third-order valence-electron chi connectivity index (χ3n) is 6.52. The number of ether oxygens (including phenoxy) is 1. The van der Waals surface area contributed by atoms with Crippen LogP contribution >= 0.6 is 0 Å². The number of amides is 1. The Hall–Kier alpha value is -5.19. The van der Waals surface area contributed by atoms with Crippen LogP contribution in [0.15, 0.2) is 84.1 Å².